The van der Waals surface area contributed by atoms with Crippen LogP contribution in [0.4, 0.5) is 5.69 Å². The highest BCUT2D eigenvalue weighted by Crippen LogP contribution is 2.27. The summed E-state index contributed by atoms with van der Waals surface area (Å²) >= 11 is 0. The van der Waals surface area contributed by atoms with Gasteiger partial charge in [0.05, 0.1) is 4.92 Å². The van der Waals surface area contributed by atoms with Crippen molar-refractivity contribution in [3.63, 3.8) is 0 Å². The molecule has 1 saturated heterocycles. The lowest BCUT2D eigenvalue weighted by molar-refractivity contribution is -0.385. The van der Waals surface area contributed by atoms with Gasteiger partial charge in [-0.15, -0.1) is 0 Å². The maximum atomic E-state index is 10.8. The SMILES string of the molecule is N#Cc1c(OCC2CCCN2)cccc1[N+](=O)[O-]. The molecular weight excluding hydrogens is 234 g/mol. The lowest BCUT2D eigenvalue weighted by Crippen LogP contribution is -2.28. The third-order valence-electron chi connectivity index (χ3n) is 2.92. The lowest BCUT2D eigenvalue weighted by atomic mass is 10.1. The van der Waals surface area contributed by atoms with E-state index in [0.717, 1.165) is 19.4 Å². The summed E-state index contributed by atoms with van der Waals surface area (Å²) < 4.78 is 5.51. The molecule has 1 atom stereocenters. The van der Waals surface area contributed by atoms with Gasteiger partial charge in [0.2, 0.25) is 0 Å². The third-order valence-corrected chi connectivity index (χ3v) is 2.92. The molecule has 1 aliphatic rings. The van der Waals surface area contributed by atoms with Crippen molar-refractivity contribution in [2.75, 3.05) is 13.2 Å². The molecular formula is C12H13N3O3. The Labute approximate surface area is 104 Å². The van der Waals surface area contributed by atoms with E-state index in [1.807, 2.05) is 6.07 Å². The van der Waals surface area contributed by atoms with E-state index in [0.29, 0.717) is 6.61 Å². The molecule has 0 aromatic heterocycles. The Morgan fingerprint density at radius 3 is 3.06 bits per heavy atom. The van der Waals surface area contributed by atoms with Crippen molar-refractivity contribution < 1.29 is 9.66 Å². The van der Waals surface area contributed by atoms with Gasteiger partial charge in [-0.25, -0.2) is 0 Å². The fourth-order valence-electron chi connectivity index (χ4n) is 1.99. The summed E-state index contributed by atoms with van der Waals surface area (Å²) in [7, 11) is 0. The van der Waals surface area contributed by atoms with Gasteiger partial charge in [0.25, 0.3) is 5.69 Å². The standard InChI is InChI=1S/C12H13N3O3/c13-7-10-11(15(16)17)4-1-5-12(10)18-8-9-3-2-6-14-9/h1,4-5,9,14H,2-3,6,8H2. The Morgan fingerprint density at radius 2 is 2.44 bits per heavy atom. The van der Waals surface area contributed by atoms with Crippen LogP contribution in [0.25, 0.3) is 0 Å². The number of nitrogens with zero attached hydrogens (tertiary/aromatic N) is 2. The van der Waals surface area contributed by atoms with Crippen LogP contribution in [0.5, 0.6) is 5.75 Å². The Kier molecular flexibility index (Phi) is 3.75. The van der Waals surface area contributed by atoms with Crippen molar-refractivity contribution in [1.29, 1.82) is 5.26 Å². The zero-order valence-electron chi connectivity index (χ0n) is 9.76. The average molecular weight is 247 g/mol. The number of nitro groups is 1. The van der Waals surface area contributed by atoms with E-state index in [-0.39, 0.29) is 23.0 Å². The van der Waals surface area contributed by atoms with Crippen LogP contribution < -0.4 is 10.1 Å². The maximum absolute atomic E-state index is 10.8. The van der Waals surface area contributed by atoms with Gasteiger partial charge < -0.3 is 10.1 Å². The van der Waals surface area contributed by atoms with Gasteiger partial charge in [-0.3, -0.25) is 10.1 Å². The molecule has 1 aromatic rings. The Balaban J connectivity index is 2.14. The van der Waals surface area contributed by atoms with Crippen LogP contribution >= 0.6 is 0 Å². The van der Waals surface area contributed by atoms with Crippen molar-refractivity contribution in [3.05, 3.63) is 33.9 Å². The Morgan fingerprint density at radius 1 is 1.61 bits per heavy atom. The number of benzene rings is 1. The van der Waals surface area contributed by atoms with Gasteiger partial charge in [0.15, 0.2) is 5.56 Å². The Hall–Kier alpha value is -2.13. The van der Waals surface area contributed by atoms with Gasteiger partial charge >= 0.3 is 0 Å². The Bertz CT molecular complexity index is 490. The molecule has 1 aromatic carbocycles. The first kappa shape index (κ1) is 12.3. The molecule has 2 rings (SSSR count). The zero-order chi connectivity index (χ0) is 13.0. The van der Waals surface area contributed by atoms with E-state index in [4.69, 9.17) is 10.00 Å². The minimum absolute atomic E-state index is 0.0134. The maximum Gasteiger partial charge on any atom is 0.290 e. The highest BCUT2D eigenvalue weighted by Gasteiger charge is 2.20. The molecule has 1 N–H and O–H groups in total. The number of rotatable bonds is 4. The van der Waals surface area contributed by atoms with Crippen LogP contribution in [0.3, 0.4) is 0 Å². The van der Waals surface area contributed by atoms with Crippen molar-refractivity contribution in [2.24, 2.45) is 0 Å². The van der Waals surface area contributed by atoms with Crippen molar-refractivity contribution in [3.8, 4) is 11.8 Å². The molecule has 1 heterocycles. The molecule has 6 heteroatoms. The molecule has 0 aliphatic carbocycles. The van der Waals surface area contributed by atoms with E-state index < -0.39 is 4.92 Å². The van der Waals surface area contributed by atoms with E-state index in [9.17, 15) is 10.1 Å². The van der Waals surface area contributed by atoms with Crippen LogP contribution in [0, 0.1) is 21.4 Å². The van der Waals surface area contributed by atoms with Gasteiger partial charge in [0, 0.05) is 12.1 Å². The van der Waals surface area contributed by atoms with Crippen molar-refractivity contribution in [1.82, 2.24) is 5.32 Å². The molecule has 6 nitrogen and oxygen atoms in total. The summed E-state index contributed by atoms with van der Waals surface area (Å²) in [5.74, 6) is 0.278. The topological polar surface area (TPSA) is 88.2 Å². The molecule has 0 saturated carbocycles. The average Bonchev–Trinajstić information content (AvgIpc) is 2.88. The molecule has 0 bridgehead atoms. The van der Waals surface area contributed by atoms with Crippen molar-refractivity contribution in [2.45, 2.75) is 18.9 Å². The van der Waals surface area contributed by atoms with Crippen molar-refractivity contribution >= 4 is 5.69 Å². The first-order valence-corrected chi connectivity index (χ1v) is 5.76. The molecule has 18 heavy (non-hydrogen) atoms. The third kappa shape index (κ3) is 2.57. The number of ether oxygens (including phenoxy) is 1. The van der Waals surface area contributed by atoms with Crippen LogP contribution in [-0.4, -0.2) is 24.1 Å². The van der Waals surface area contributed by atoms with Crippen LogP contribution in [0.2, 0.25) is 0 Å². The molecule has 0 radical (unpaired) electrons. The van der Waals surface area contributed by atoms with Gasteiger partial charge in [0.1, 0.15) is 18.4 Å². The predicted octanol–water partition coefficient (Wildman–Crippen LogP) is 1.60. The summed E-state index contributed by atoms with van der Waals surface area (Å²) in [6, 6.07) is 6.51. The lowest BCUT2D eigenvalue weighted by Gasteiger charge is -2.12. The first-order valence-electron chi connectivity index (χ1n) is 5.76. The van der Waals surface area contributed by atoms with Gasteiger partial charge in [-0.2, -0.15) is 5.26 Å². The largest absolute Gasteiger partial charge is 0.490 e. The monoisotopic (exact) mass is 247 g/mol. The number of nitriles is 1. The van der Waals surface area contributed by atoms with E-state index in [1.54, 1.807) is 6.07 Å². The highest BCUT2D eigenvalue weighted by atomic mass is 16.6. The molecule has 0 amide bonds. The molecule has 1 unspecified atom stereocenters. The molecule has 1 aliphatic heterocycles. The van der Waals surface area contributed by atoms with Crippen LogP contribution in [0.15, 0.2) is 18.2 Å². The smallest absolute Gasteiger partial charge is 0.290 e. The summed E-state index contributed by atoms with van der Waals surface area (Å²) in [6.45, 7) is 1.39. The van der Waals surface area contributed by atoms with Crippen LogP contribution in [0.1, 0.15) is 18.4 Å². The summed E-state index contributed by atoms with van der Waals surface area (Å²) in [6.07, 6.45) is 2.13. The predicted molar refractivity (Wildman–Crippen MR) is 64.3 cm³/mol. The molecule has 1 fully saturated rings. The van der Waals surface area contributed by atoms with Gasteiger partial charge in [-0.05, 0) is 25.5 Å². The fraction of sp³-hybridized carbons (Fsp3) is 0.417. The normalized spacial score (nSPS) is 18.3. The number of nitrogens with one attached hydrogen (secondary N) is 1. The zero-order valence-corrected chi connectivity index (χ0v) is 9.76. The second-order valence-corrected chi connectivity index (χ2v) is 4.12. The molecule has 94 valence electrons. The van der Waals surface area contributed by atoms with E-state index in [2.05, 4.69) is 5.32 Å². The fourth-order valence-corrected chi connectivity index (χ4v) is 1.99. The number of hydrogen-bond donors (Lipinski definition) is 1. The second-order valence-electron chi connectivity index (χ2n) is 4.12. The quantitative estimate of drug-likeness (QED) is 0.644. The van der Waals surface area contributed by atoms with E-state index in [1.165, 1.54) is 12.1 Å². The summed E-state index contributed by atoms with van der Waals surface area (Å²) in [4.78, 5) is 10.2. The number of hydrogen-bond acceptors (Lipinski definition) is 5. The minimum atomic E-state index is -0.570. The van der Waals surface area contributed by atoms with Crippen LogP contribution in [-0.2, 0) is 0 Å². The second kappa shape index (κ2) is 5.47. The van der Waals surface area contributed by atoms with Gasteiger partial charge in [-0.1, -0.05) is 6.07 Å². The molecule has 0 spiro atoms. The first-order chi connectivity index (χ1) is 8.72. The highest BCUT2D eigenvalue weighted by molar-refractivity contribution is 5.56. The minimum Gasteiger partial charge on any atom is -0.490 e. The van der Waals surface area contributed by atoms with E-state index >= 15 is 0 Å². The summed E-state index contributed by atoms with van der Waals surface area (Å²) in [5, 5.41) is 23.0. The summed E-state index contributed by atoms with van der Waals surface area (Å²) in [5.41, 5.74) is -0.227. The number of nitro benzene ring substituents is 1.